The largest absolute Gasteiger partial charge is 0.356 e. The van der Waals surface area contributed by atoms with Crippen molar-refractivity contribution in [1.82, 2.24) is 4.98 Å². The Hall–Kier alpha value is -1.72. The highest BCUT2D eigenvalue weighted by molar-refractivity contribution is 7.91. The lowest BCUT2D eigenvalue weighted by Crippen LogP contribution is -2.54. The number of hydrogen-bond donors (Lipinski definition) is 1. The van der Waals surface area contributed by atoms with Gasteiger partial charge in [0.05, 0.1) is 11.4 Å². The van der Waals surface area contributed by atoms with Gasteiger partial charge in [-0.05, 0) is 30.7 Å². The molecule has 1 atom stereocenters. The first-order chi connectivity index (χ1) is 9.05. The summed E-state index contributed by atoms with van der Waals surface area (Å²) in [6.45, 7) is 2.21. The van der Waals surface area contributed by atoms with Gasteiger partial charge >= 0.3 is 0 Å². The number of nitrogens with zero attached hydrogens (tertiary/aromatic N) is 1. The lowest BCUT2D eigenvalue weighted by Gasteiger charge is -2.14. The molecular weight excluding hydrogens is 260 g/mol. The minimum atomic E-state index is -3.42. The van der Waals surface area contributed by atoms with Crippen molar-refractivity contribution in [2.75, 3.05) is 6.54 Å². The number of quaternary nitrogens is 1. The zero-order valence-corrected chi connectivity index (χ0v) is 11.6. The highest BCUT2D eigenvalue weighted by Crippen LogP contribution is 2.27. The molecule has 1 aromatic heterocycles. The second-order valence-corrected chi connectivity index (χ2v) is 6.55. The summed E-state index contributed by atoms with van der Waals surface area (Å²) < 4.78 is 25.2. The van der Waals surface area contributed by atoms with Crippen molar-refractivity contribution < 1.29 is 14.2 Å². The van der Waals surface area contributed by atoms with Gasteiger partial charge in [0.2, 0.25) is 0 Å². The van der Waals surface area contributed by atoms with Crippen LogP contribution < -0.4 is 5.73 Å². The summed E-state index contributed by atoms with van der Waals surface area (Å²) in [4.78, 5) is 4.31. The van der Waals surface area contributed by atoms with Crippen LogP contribution in [-0.2, 0) is 9.84 Å². The van der Waals surface area contributed by atoms with Crippen LogP contribution in [0.2, 0.25) is 0 Å². The Bertz CT molecular complexity index is 637. The molecule has 0 saturated carbocycles. The summed E-state index contributed by atoms with van der Waals surface area (Å²) in [6.07, 6.45) is 3.21. The second-order valence-electron chi connectivity index (χ2n) is 4.42. The van der Waals surface area contributed by atoms with Crippen LogP contribution in [0, 0.1) is 6.92 Å². The van der Waals surface area contributed by atoms with Crippen LogP contribution in [0.5, 0.6) is 0 Å². The van der Waals surface area contributed by atoms with Crippen molar-refractivity contribution in [3.05, 3.63) is 59.9 Å². The average molecular weight is 277 g/mol. The summed E-state index contributed by atoms with van der Waals surface area (Å²) in [5.74, 6) is 0. The van der Waals surface area contributed by atoms with Crippen LogP contribution in [0.4, 0.5) is 0 Å². The van der Waals surface area contributed by atoms with Gasteiger partial charge in [0.15, 0.2) is 9.84 Å². The number of hydrogen-bond acceptors (Lipinski definition) is 3. The molecule has 19 heavy (non-hydrogen) atoms. The average Bonchev–Trinajstić information content (AvgIpc) is 2.41. The van der Waals surface area contributed by atoms with Crippen molar-refractivity contribution in [1.29, 1.82) is 0 Å². The summed E-state index contributed by atoms with van der Waals surface area (Å²) in [5.41, 5.74) is 5.48. The van der Waals surface area contributed by atoms with Crippen molar-refractivity contribution in [2.45, 2.75) is 17.1 Å². The first kappa shape index (κ1) is 13.7. The van der Waals surface area contributed by atoms with Crippen molar-refractivity contribution >= 4 is 9.84 Å². The van der Waals surface area contributed by atoms with Gasteiger partial charge in [-0.2, -0.15) is 0 Å². The van der Waals surface area contributed by atoms with Crippen LogP contribution >= 0.6 is 0 Å². The van der Waals surface area contributed by atoms with Gasteiger partial charge in [0, 0.05) is 12.4 Å². The molecule has 1 heterocycles. The molecule has 3 N–H and O–H groups in total. The molecule has 0 spiro atoms. The van der Waals surface area contributed by atoms with Crippen LogP contribution in [0.25, 0.3) is 0 Å². The molecule has 100 valence electrons. The van der Waals surface area contributed by atoms with E-state index in [0.29, 0.717) is 10.5 Å². The highest BCUT2D eigenvalue weighted by atomic mass is 32.2. The number of pyridine rings is 1. The van der Waals surface area contributed by atoms with E-state index >= 15 is 0 Å². The standard InChI is InChI=1S/C14H16N2O2S/c1-11-4-6-13(7-5-11)19(17,18)14(9-15)12-3-2-8-16-10-12/h2-8,10,14H,9,15H2,1H3/p+1/t14-/m1/s1. The third kappa shape index (κ3) is 2.83. The first-order valence-electron chi connectivity index (χ1n) is 6.05. The summed E-state index contributed by atoms with van der Waals surface area (Å²) in [5, 5.41) is -0.649. The lowest BCUT2D eigenvalue weighted by molar-refractivity contribution is -0.367. The van der Waals surface area contributed by atoms with Gasteiger partial charge in [0.1, 0.15) is 5.25 Å². The predicted molar refractivity (Wildman–Crippen MR) is 73.1 cm³/mol. The molecular formula is C14H17N2O2S+. The maximum atomic E-state index is 12.6. The minimum Gasteiger partial charge on any atom is -0.356 e. The number of rotatable bonds is 4. The Kier molecular flexibility index (Phi) is 3.97. The molecule has 5 heteroatoms. The number of sulfone groups is 1. The monoisotopic (exact) mass is 277 g/mol. The third-order valence-corrected chi connectivity index (χ3v) is 5.23. The molecule has 0 aliphatic heterocycles. The molecule has 0 unspecified atom stereocenters. The van der Waals surface area contributed by atoms with E-state index in [1.165, 1.54) is 0 Å². The summed E-state index contributed by atoms with van der Waals surface area (Å²) in [7, 11) is -3.42. The fraction of sp³-hybridized carbons (Fsp3) is 0.214. The third-order valence-electron chi connectivity index (χ3n) is 3.04. The molecule has 0 saturated heterocycles. The van der Waals surface area contributed by atoms with E-state index in [1.807, 2.05) is 6.92 Å². The van der Waals surface area contributed by atoms with E-state index in [1.54, 1.807) is 48.8 Å². The van der Waals surface area contributed by atoms with Crippen LogP contribution in [0.1, 0.15) is 16.4 Å². The topological polar surface area (TPSA) is 74.7 Å². The molecule has 0 aliphatic rings. The molecule has 0 fully saturated rings. The van der Waals surface area contributed by atoms with Crippen molar-refractivity contribution in [3.8, 4) is 0 Å². The number of aromatic nitrogens is 1. The van der Waals surface area contributed by atoms with E-state index < -0.39 is 15.1 Å². The van der Waals surface area contributed by atoms with E-state index in [2.05, 4.69) is 10.7 Å². The quantitative estimate of drug-likeness (QED) is 0.911. The highest BCUT2D eigenvalue weighted by Gasteiger charge is 2.29. The number of aryl methyl sites for hydroxylation is 1. The van der Waals surface area contributed by atoms with E-state index in [9.17, 15) is 8.42 Å². The molecule has 1 aromatic carbocycles. The fourth-order valence-electron chi connectivity index (χ4n) is 1.96. The molecule has 0 radical (unpaired) electrons. The van der Waals surface area contributed by atoms with Gasteiger partial charge in [-0.15, -0.1) is 0 Å². The maximum absolute atomic E-state index is 12.6. The minimum absolute atomic E-state index is 0.280. The predicted octanol–water partition coefficient (Wildman–Crippen LogP) is 1.15. The van der Waals surface area contributed by atoms with E-state index in [4.69, 9.17) is 0 Å². The Morgan fingerprint density at radius 2 is 1.89 bits per heavy atom. The van der Waals surface area contributed by atoms with Gasteiger partial charge in [-0.25, -0.2) is 8.42 Å². The SMILES string of the molecule is Cc1ccc(S(=O)(=O)[C@H](C[NH3+])c2cccnc2)cc1. The zero-order valence-electron chi connectivity index (χ0n) is 10.8. The molecule has 0 aliphatic carbocycles. The van der Waals surface area contributed by atoms with Gasteiger partial charge < -0.3 is 5.73 Å². The van der Waals surface area contributed by atoms with Gasteiger partial charge in [0.25, 0.3) is 0 Å². The second kappa shape index (κ2) is 5.50. The zero-order chi connectivity index (χ0) is 13.9. The maximum Gasteiger partial charge on any atom is 0.190 e. The summed E-state index contributed by atoms with van der Waals surface area (Å²) in [6, 6.07) is 10.4. The Labute approximate surface area is 113 Å². The van der Waals surface area contributed by atoms with Crippen LogP contribution in [0.3, 0.4) is 0 Å². The fourth-order valence-corrected chi connectivity index (χ4v) is 3.61. The van der Waals surface area contributed by atoms with E-state index in [-0.39, 0.29) is 6.54 Å². The first-order valence-corrected chi connectivity index (χ1v) is 7.60. The molecule has 0 bridgehead atoms. The Morgan fingerprint density at radius 3 is 2.42 bits per heavy atom. The Balaban J connectivity index is 2.45. The van der Waals surface area contributed by atoms with Gasteiger partial charge in [-0.3, -0.25) is 4.98 Å². The van der Waals surface area contributed by atoms with Crippen molar-refractivity contribution in [3.63, 3.8) is 0 Å². The molecule has 2 rings (SSSR count). The van der Waals surface area contributed by atoms with Gasteiger partial charge in [-0.1, -0.05) is 23.8 Å². The van der Waals surface area contributed by atoms with Crippen molar-refractivity contribution in [2.24, 2.45) is 0 Å². The molecule has 0 amide bonds. The van der Waals surface area contributed by atoms with Crippen LogP contribution in [0.15, 0.2) is 53.7 Å². The normalized spacial score (nSPS) is 13.2. The summed E-state index contributed by atoms with van der Waals surface area (Å²) >= 11 is 0. The molecule has 2 aromatic rings. The lowest BCUT2D eigenvalue weighted by atomic mass is 10.2. The molecule has 4 nitrogen and oxygen atoms in total. The Morgan fingerprint density at radius 1 is 1.21 bits per heavy atom. The van der Waals surface area contributed by atoms with Crippen LogP contribution in [-0.4, -0.2) is 19.9 Å². The van der Waals surface area contributed by atoms with E-state index in [0.717, 1.165) is 5.56 Å². The number of benzene rings is 1. The smallest absolute Gasteiger partial charge is 0.190 e.